The van der Waals surface area contributed by atoms with E-state index in [9.17, 15) is 18.0 Å². The third-order valence-corrected chi connectivity index (χ3v) is 5.71. The van der Waals surface area contributed by atoms with Crippen molar-refractivity contribution in [3.63, 3.8) is 0 Å². The molecule has 0 bridgehead atoms. The molecule has 0 radical (unpaired) electrons. The van der Waals surface area contributed by atoms with Crippen LogP contribution in [0.4, 0.5) is 5.95 Å². The number of benzene rings is 1. The van der Waals surface area contributed by atoms with Gasteiger partial charge in [-0.1, -0.05) is 12.1 Å². The van der Waals surface area contributed by atoms with Crippen LogP contribution in [0.3, 0.4) is 0 Å². The average Bonchev–Trinajstić information content (AvgIpc) is 2.73. The van der Waals surface area contributed by atoms with Crippen LogP contribution in [0.5, 0.6) is 0 Å². The lowest BCUT2D eigenvalue weighted by Gasteiger charge is -2.22. The van der Waals surface area contributed by atoms with Gasteiger partial charge in [0.2, 0.25) is 11.9 Å². The van der Waals surface area contributed by atoms with E-state index in [-0.39, 0.29) is 16.4 Å². The lowest BCUT2D eigenvalue weighted by Crippen LogP contribution is -2.45. The fraction of sp³-hybridized carbons (Fsp3) is 0.250. The highest BCUT2D eigenvalue weighted by Gasteiger charge is 2.45. The van der Waals surface area contributed by atoms with Crippen molar-refractivity contribution >= 4 is 27.8 Å². The van der Waals surface area contributed by atoms with Gasteiger partial charge < -0.3 is 0 Å². The Kier molecular flexibility index (Phi) is 4.03. The molecule has 25 heavy (non-hydrogen) atoms. The maximum absolute atomic E-state index is 12.6. The van der Waals surface area contributed by atoms with Gasteiger partial charge in [-0.3, -0.25) is 14.9 Å². The third kappa shape index (κ3) is 2.86. The Morgan fingerprint density at radius 2 is 1.76 bits per heavy atom. The van der Waals surface area contributed by atoms with Crippen LogP contribution in [-0.2, 0) is 14.8 Å². The number of aryl methyl sites for hydroxylation is 2. The molecular formula is C16H16N4O4S. The van der Waals surface area contributed by atoms with Crippen LogP contribution in [-0.4, -0.2) is 40.5 Å². The number of nitrogens with one attached hydrogen (secondary N) is 1. The number of aromatic nitrogens is 2. The van der Waals surface area contributed by atoms with Crippen molar-refractivity contribution in [1.29, 1.82) is 0 Å². The SMILES string of the molecule is Cc1cc(C)nc(NC(=O)C(C)N2C(=O)c3ccccc3S2(=O)=O)n1. The van der Waals surface area contributed by atoms with Crippen LogP contribution >= 0.6 is 0 Å². The Morgan fingerprint density at radius 3 is 2.36 bits per heavy atom. The zero-order valence-electron chi connectivity index (χ0n) is 13.8. The maximum atomic E-state index is 12.6. The molecule has 2 aromatic rings. The van der Waals surface area contributed by atoms with Gasteiger partial charge in [0.15, 0.2) is 0 Å². The number of hydrogen-bond donors (Lipinski definition) is 1. The van der Waals surface area contributed by atoms with Gasteiger partial charge in [-0.15, -0.1) is 0 Å². The lowest BCUT2D eigenvalue weighted by molar-refractivity contribution is -0.118. The molecule has 1 aromatic heterocycles. The molecule has 0 fully saturated rings. The fourth-order valence-electron chi connectivity index (χ4n) is 2.69. The van der Waals surface area contributed by atoms with Gasteiger partial charge in [0.1, 0.15) is 10.9 Å². The van der Waals surface area contributed by atoms with Crippen molar-refractivity contribution in [1.82, 2.24) is 14.3 Å². The fourth-order valence-corrected chi connectivity index (χ4v) is 4.41. The van der Waals surface area contributed by atoms with Crippen LogP contribution in [0.2, 0.25) is 0 Å². The standard InChI is InChI=1S/C16H16N4O4S/c1-9-8-10(2)18-16(17-9)19-14(21)11(3)20-15(22)12-6-4-5-7-13(12)25(20,23)24/h4-8,11H,1-3H3,(H,17,18,19,21). The van der Waals surface area contributed by atoms with E-state index in [4.69, 9.17) is 0 Å². The second-order valence-corrected chi connectivity index (χ2v) is 7.53. The normalized spacial score (nSPS) is 16.4. The summed E-state index contributed by atoms with van der Waals surface area (Å²) in [7, 11) is -4.07. The molecule has 1 aliphatic rings. The number of carbonyl (C=O) groups excluding carboxylic acids is 2. The van der Waals surface area contributed by atoms with Gasteiger partial charge in [-0.25, -0.2) is 22.7 Å². The Balaban J connectivity index is 1.89. The van der Waals surface area contributed by atoms with E-state index in [0.717, 1.165) is 0 Å². The summed E-state index contributed by atoms with van der Waals surface area (Å²) >= 11 is 0. The van der Waals surface area contributed by atoms with Crippen molar-refractivity contribution in [2.75, 3.05) is 5.32 Å². The summed E-state index contributed by atoms with van der Waals surface area (Å²) < 4.78 is 25.8. The summed E-state index contributed by atoms with van der Waals surface area (Å²) in [4.78, 5) is 33.0. The summed E-state index contributed by atoms with van der Waals surface area (Å²) in [6, 6.07) is 6.37. The topological polar surface area (TPSA) is 109 Å². The highest BCUT2D eigenvalue weighted by Crippen LogP contribution is 2.31. The number of hydrogen-bond acceptors (Lipinski definition) is 6. The summed E-state index contributed by atoms with van der Waals surface area (Å²) in [6.45, 7) is 4.84. The lowest BCUT2D eigenvalue weighted by atomic mass is 10.2. The molecule has 0 spiro atoms. The predicted molar refractivity (Wildman–Crippen MR) is 89.4 cm³/mol. The van der Waals surface area contributed by atoms with Crippen molar-refractivity contribution in [3.05, 3.63) is 47.3 Å². The molecule has 8 nitrogen and oxygen atoms in total. The Labute approximate surface area is 145 Å². The minimum Gasteiger partial charge on any atom is -0.293 e. The van der Waals surface area contributed by atoms with E-state index < -0.39 is 27.9 Å². The largest absolute Gasteiger partial charge is 0.293 e. The highest BCUT2D eigenvalue weighted by atomic mass is 32.2. The maximum Gasteiger partial charge on any atom is 0.269 e. The number of fused-ring (bicyclic) bond motifs is 1. The molecule has 1 unspecified atom stereocenters. The van der Waals surface area contributed by atoms with Crippen LogP contribution in [0.25, 0.3) is 0 Å². The average molecular weight is 360 g/mol. The zero-order chi connectivity index (χ0) is 18.4. The van der Waals surface area contributed by atoms with Crippen molar-refractivity contribution < 1.29 is 18.0 Å². The molecule has 1 N–H and O–H groups in total. The van der Waals surface area contributed by atoms with Gasteiger partial charge >= 0.3 is 0 Å². The minimum atomic E-state index is -4.07. The van der Waals surface area contributed by atoms with Gasteiger partial charge in [0.05, 0.1) is 5.56 Å². The van der Waals surface area contributed by atoms with Gasteiger partial charge in [-0.05, 0) is 39.0 Å². The second-order valence-electron chi connectivity index (χ2n) is 5.74. The van der Waals surface area contributed by atoms with Gasteiger partial charge in [-0.2, -0.15) is 0 Å². The molecule has 9 heteroatoms. The van der Waals surface area contributed by atoms with E-state index in [1.165, 1.54) is 25.1 Å². The quantitative estimate of drug-likeness (QED) is 0.883. The molecule has 1 atom stereocenters. The van der Waals surface area contributed by atoms with Crippen LogP contribution < -0.4 is 5.32 Å². The number of carbonyl (C=O) groups is 2. The monoisotopic (exact) mass is 360 g/mol. The van der Waals surface area contributed by atoms with Gasteiger partial charge in [0, 0.05) is 11.4 Å². The third-order valence-electron chi connectivity index (χ3n) is 3.80. The molecule has 0 aliphatic carbocycles. The number of sulfonamides is 1. The molecule has 130 valence electrons. The zero-order valence-corrected chi connectivity index (χ0v) is 14.7. The van der Waals surface area contributed by atoms with E-state index >= 15 is 0 Å². The smallest absolute Gasteiger partial charge is 0.269 e. The molecule has 2 heterocycles. The minimum absolute atomic E-state index is 0.0600. The number of anilines is 1. The molecule has 0 saturated carbocycles. The Bertz CT molecular complexity index is 967. The molecule has 1 aliphatic heterocycles. The predicted octanol–water partition coefficient (Wildman–Crippen LogP) is 1.27. The second kappa shape index (κ2) is 5.92. The van der Waals surface area contributed by atoms with E-state index in [2.05, 4.69) is 15.3 Å². The van der Waals surface area contributed by atoms with Crippen molar-refractivity contribution in [2.24, 2.45) is 0 Å². The molecular weight excluding hydrogens is 344 g/mol. The summed E-state index contributed by atoms with van der Waals surface area (Å²) in [5.74, 6) is -1.34. The summed E-state index contributed by atoms with van der Waals surface area (Å²) in [5.41, 5.74) is 1.38. The molecule has 1 aromatic carbocycles. The van der Waals surface area contributed by atoms with Crippen molar-refractivity contribution in [3.8, 4) is 0 Å². The number of nitrogens with zero attached hydrogens (tertiary/aromatic N) is 3. The summed E-state index contributed by atoms with van der Waals surface area (Å²) in [5, 5.41) is 2.47. The van der Waals surface area contributed by atoms with Crippen LogP contribution in [0.15, 0.2) is 35.2 Å². The number of amides is 2. The highest BCUT2D eigenvalue weighted by molar-refractivity contribution is 7.90. The first-order chi connectivity index (χ1) is 11.7. The Hall–Kier alpha value is -2.81. The molecule has 2 amide bonds. The van der Waals surface area contributed by atoms with E-state index in [1.54, 1.807) is 26.0 Å². The van der Waals surface area contributed by atoms with Crippen molar-refractivity contribution in [2.45, 2.75) is 31.7 Å². The first kappa shape index (κ1) is 17.0. The number of rotatable bonds is 3. The first-order valence-electron chi connectivity index (χ1n) is 7.53. The first-order valence-corrected chi connectivity index (χ1v) is 8.97. The van der Waals surface area contributed by atoms with Gasteiger partial charge in [0.25, 0.3) is 15.9 Å². The van der Waals surface area contributed by atoms with E-state index in [1.807, 2.05) is 0 Å². The van der Waals surface area contributed by atoms with Crippen LogP contribution in [0, 0.1) is 13.8 Å². The summed E-state index contributed by atoms with van der Waals surface area (Å²) in [6.07, 6.45) is 0. The van der Waals surface area contributed by atoms with E-state index in [0.29, 0.717) is 15.7 Å². The van der Waals surface area contributed by atoms with Crippen LogP contribution in [0.1, 0.15) is 28.7 Å². The molecule has 0 saturated heterocycles. The molecule has 3 rings (SSSR count). The Morgan fingerprint density at radius 1 is 1.16 bits per heavy atom.